The summed E-state index contributed by atoms with van der Waals surface area (Å²) in [5.41, 5.74) is 4.29. The monoisotopic (exact) mass is 644 g/mol. The molecule has 0 aliphatic carbocycles. The number of amides is 3. The van der Waals surface area contributed by atoms with Crippen molar-refractivity contribution in [3.8, 4) is 23.0 Å². The van der Waals surface area contributed by atoms with Gasteiger partial charge in [-0.1, -0.05) is 18.7 Å². The minimum absolute atomic E-state index is 0.182. The topological polar surface area (TPSA) is 146 Å². The van der Waals surface area contributed by atoms with Gasteiger partial charge in [0, 0.05) is 5.70 Å². The van der Waals surface area contributed by atoms with Crippen LogP contribution in [-0.4, -0.2) is 57.7 Å². The van der Waals surface area contributed by atoms with E-state index in [1.165, 1.54) is 13.3 Å². The maximum atomic E-state index is 12.6. The first-order valence-corrected chi connectivity index (χ1v) is 13.8. The lowest BCUT2D eigenvalue weighted by Crippen LogP contribution is -2.45. The molecule has 0 fully saturated rings. The molecule has 3 rings (SSSR count). The fourth-order valence-corrected chi connectivity index (χ4v) is 4.54. The zero-order chi connectivity index (χ0) is 30.6. The van der Waals surface area contributed by atoms with Crippen molar-refractivity contribution in [3.05, 3.63) is 69.9 Å². The van der Waals surface area contributed by atoms with Crippen molar-refractivity contribution in [1.82, 2.24) is 16.1 Å². The Kier molecular flexibility index (Phi) is 11.8. The van der Waals surface area contributed by atoms with Crippen LogP contribution in [0.3, 0.4) is 0 Å². The van der Waals surface area contributed by atoms with Gasteiger partial charge in [0.1, 0.15) is 6.61 Å². The molecule has 1 aliphatic heterocycles. The van der Waals surface area contributed by atoms with Crippen LogP contribution in [0.4, 0.5) is 4.79 Å². The number of hydrogen-bond acceptors (Lipinski definition) is 9. The van der Waals surface area contributed by atoms with E-state index in [2.05, 4.69) is 43.7 Å². The van der Waals surface area contributed by atoms with Crippen LogP contribution in [-0.2, 0) is 14.3 Å². The molecule has 0 bridgehead atoms. The Morgan fingerprint density at radius 3 is 2.57 bits per heavy atom. The third kappa shape index (κ3) is 8.26. The van der Waals surface area contributed by atoms with Gasteiger partial charge in [0.15, 0.2) is 29.6 Å². The summed E-state index contributed by atoms with van der Waals surface area (Å²) in [6.45, 7) is 9.41. The zero-order valence-electron chi connectivity index (χ0n) is 23.7. The largest absolute Gasteiger partial charge is 0.493 e. The van der Waals surface area contributed by atoms with Crippen LogP contribution in [0.2, 0.25) is 0 Å². The number of halogens is 1. The first kappa shape index (κ1) is 32.0. The van der Waals surface area contributed by atoms with E-state index in [1.807, 2.05) is 6.92 Å². The Labute approximate surface area is 252 Å². The van der Waals surface area contributed by atoms with Crippen LogP contribution in [0.25, 0.3) is 0 Å². The molecular formula is C29H33BrN4O8. The first-order valence-electron chi connectivity index (χ1n) is 13.0. The summed E-state index contributed by atoms with van der Waals surface area (Å²) in [7, 11) is 1.44. The number of esters is 1. The van der Waals surface area contributed by atoms with Gasteiger partial charge in [-0.25, -0.2) is 15.0 Å². The average Bonchev–Trinajstić information content (AvgIpc) is 2.95. The molecule has 0 saturated carbocycles. The Morgan fingerprint density at radius 1 is 1.10 bits per heavy atom. The predicted molar refractivity (Wildman–Crippen MR) is 159 cm³/mol. The summed E-state index contributed by atoms with van der Waals surface area (Å²) in [6.07, 6.45) is 3.09. The average molecular weight is 646 g/mol. The smallest absolute Gasteiger partial charge is 0.338 e. The number of ether oxygens (including phenoxy) is 5. The number of allylic oxidation sites excluding steroid dienone is 1. The minimum Gasteiger partial charge on any atom is -0.493 e. The van der Waals surface area contributed by atoms with E-state index in [-0.39, 0.29) is 24.5 Å². The van der Waals surface area contributed by atoms with Crippen molar-refractivity contribution in [3.63, 3.8) is 0 Å². The molecule has 3 amide bonds. The fourth-order valence-electron chi connectivity index (χ4n) is 3.97. The zero-order valence-corrected chi connectivity index (χ0v) is 25.3. The molecule has 2 aromatic carbocycles. The van der Waals surface area contributed by atoms with Crippen LogP contribution in [0.1, 0.15) is 37.9 Å². The molecule has 12 nitrogen and oxygen atoms in total. The van der Waals surface area contributed by atoms with Gasteiger partial charge in [-0.05, 0) is 72.1 Å². The van der Waals surface area contributed by atoms with E-state index < -0.39 is 23.9 Å². The van der Waals surface area contributed by atoms with Crippen molar-refractivity contribution >= 4 is 40.1 Å². The molecule has 42 heavy (non-hydrogen) atoms. The molecule has 1 heterocycles. The van der Waals surface area contributed by atoms with E-state index >= 15 is 0 Å². The van der Waals surface area contributed by atoms with E-state index in [1.54, 1.807) is 50.3 Å². The molecule has 13 heteroatoms. The van der Waals surface area contributed by atoms with E-state index in [0.717, 1.165) is 0 Å². The standard InChI is InChI=1S/C29H33BrN4O8/c1-6-11-41-27-20(30)12-18(13-23(27)39-7-2)15-31-34-24(35)16-42-21-10-9-19(14-22(21)38-5)26-25(28(36)40-8-3)17(4)32-29(37)33-26/h6,9-10,12-15,26H,1,7-8,11,16H2,2-5H3,(H,34,35)(H2,32,33,37)/b31-15-/t26-/m0/s1. The molecule has 0 spiro atoms. The number of rotatable bonds is 14. The molecule has 224 valence electrons. The number of benzene rings is 2. The van der Waals surface area contributed by atoms with Gasteiger partial charge in [-0.3, -0.25) is 4.79 Å². The van der Waals surface area contributed by atoms with Gasteiger partial charge in [-0.15, -0.1) is 0 Å². The van der Waals surface area contributed by atoms with Crippen molar-refractivity contribution in [2.45, 2.75) is 26.8 Å². The Morgan fingerprint density at radius 2 is 1.88 bits per heavy atom. The summed E-state index contributed by atoms with van der Waals surface area (Å²) in [6, 6.07) is 7.13. The third-order valence-electron chi connectivity index (χ3n) is 5.72. The fraction of sp³-hybridized carbons (Fsp3) is 0.310. The molecule has 1 atom stereocenters. The highest BCUT2D eigenvalue weighted by Gasteiger charge is 2.32. The third-order valence-corrected chi connectivity index (χ3v) is 6.31. The first-order chi connectivity index (χ1) is 20.2. The molecule has 2 aromatic rings. The van der Waals surface area contributed by atoms with Gasteiger partial charge < -0.3 is 34.3 Å². The number of carbonyl (C=O) groups excluding carboxylic acids is 3. The highest BCUT2D eigenvalue weighted by atomic mass is 79.9. The van der Waals surface area contributed by atoms with Crippen LogP contribution in [0.5, 0.6) is 23.0 Å². The SMILES string of the molecule is C=CCOc1c(Br)cc(/C=N\NC(=O)COc2ccc([C@@H]3NC(=O)NC(C)=C3C(=O)OCC)cc2OC)cc1OCC. The number of carbonyl (C=O) groups is 3. The Balaban J connectivity index is 1.67. The van der Waals surface area contributed by atoms with Crippen molar-refractivity contribution < 1.29 is 38.1 Å². The highest BCUT2D eigenvalue weighted by Crippen LogP contribution is 2.37. The van der Waals surface area contributed by atoms with Gasteiger partial charge in [0.25, 0.3) is 5.91 Å². The summed E-state index contributed by atoms with van der Waals surface area (Å²) in [5, 5.41) is 9.31. The predicted octanol–water partition coefficient (Wildman–Crippen LogP) is 4.14. The second-order valence-corrected chi connectivity index (χ2v) is 9.50. The molecule has 1 aliphatic rings. The number of methoxy groups -OCH3 is 1. The lowest BCUT2D eigenvalue weighted by atomic mass is 9.95. The van der Waals surface area contributed by atoms with Gasteiger partial charge >= 0.3 is 12.0 Å². The summed E-state index contributed by atoms with van der Waals surface area (Å²) < 4.78 is 28.2. The van der Waals surface area contributed by atoms with Crippen molar-refractivity contribution in [2.24, 2.45) is 5.10 Å². The molecule has 0 saturated heterocycles. The number of nitrogens with one attached hydrogen (secondary N) is 3. The van der Waals surface area contributed by atoms with Gasteiger partial charge in [0.05, 0.1) is 42.6 Å². The maximum Gasteiger partial charge on any atom is 0.338 e. The van der Waals surface area contributed by atoms with Gasteiger partial charge in [0.2, 0.25) is 0 Å². The normalized spacial score (nSPS) is 14.5. The molecule has 0 unspecified atom stereocenters. The molecule has 0 aromatic heterocycles. The lowest BCUT2D eigenvalue weighted by molar-refractivity contribution is -0.139. The number of urea groups is 1. The van der Waals surface area contributed by atoms with E-state index in [4.69, 9.17) is 23.7 Å². The number of nitrogens with zero attached hydrogens (tertiary/aromatic N) is 1. The lowest BCUT2D eigenvalue weighted by Gasteiger charge is -2.28. The number of hydrogen-bond donors (Lipinski definition) is 3. The maximum absolute atomic E-state index is 12.6. The summed E-state index contributed by atoms with van der Waals surface area (Å²) in [4.78, 5) is 37.1. The van der Waals surface area contributed by atoms with E-state index in [9.17, 15) is 14.4 Å². The molecular weight excluding hydrogens is 612 g/mol. The van der Waals surface area contributed by atoms with Crippen LogP contribution in [0.15, 0.2) is 63.8 Å². The van der Waals surface area contributed by atoms with Crippen LogP contribution >= 0.6 is 15.9 Å². The summed E-state index contributed by atoms with van der Waals surface area (Å²) in [5.74, 6) is 0.564. The van der Waals surface area contributed by atoms with Crippen LogP contribution in [0, 0.1) is 0 Å². The quantitative estimate of drug-likeness (QED) is 0.120. The molecule has 0 radical (unpaired) electrons. The highest BCUT2D eigenvalue weighted by molar-refractivity contribution is 9.10. The van der Waals surface area contributed by atoms with Crippen molar-refractivity contribution in [2.75, 3.05) is 33.5 Å². The molecule has 3 N–H and O–H groups in total. The second kappa shape index (κ2) is 15.5. The number of hydrazone groups is 1. The van der Waals surface area contributed by atoms with E-state index in [0.29, 0.717) is 51.8 Å². The Hall–Kier alpha value is -4.52. The van der Waals surface area contributed by atoms with Crippen LogP contribution < -0.4 is 35.0 Å². The second-order valence-electron chi connectivity index (χ2n) is 8.65. The Bertz CT molecular complexity index is 1390. The minimum atomic E-state index is -0.774. The van der Waals surface area contributed by atoms with Crippen molar-refractivity contribution in [1.29, 1.82) is 0 Å². The summed E-state index contributed by atoms with van der Waals surface area (Å²) >= 11 is 3.47. The van der Waals surface area contributed by atoms with Gasteiger partial charge in [-0.2, -0.15) is 5.10 Å².